The molecule has 1 unspecified atom stereocenters. The van der Waals surface area contributed by atoms with E-state index in [9.17, 15) is 5.11 Å². The molecule has 1 heterocycles. The Morgan fingerprint density at radius 1 is 1.33 bits per heavy atom. The number of aliphatic hydroxyl groups is 1. The van der Waals surface area contributed by atoms with Gasteiger partial charge in [-0.25, -0.2) is 0 Å². The van der Waals surface area contributed by atoms with E-state index >= 15 is 0 Å². The number of rotatable bonds is 7. The van der Waals surface area contributed by atoms with Crippen LogP contribution < -0.4 is 10.2 Å². The maximum Gasteiger partial charge on any atom is 0.0821 e. The first-order chi connectivity index (χ1) is 10.1. The predicted octanol–water partition coefficient (Wildman–Crippen LogP) is 2.88. The molecule has 1 atom stereocenters. The number of hydrogen-bond donors (Lipinski definition) is 2. The molecule has 1 aromatic rings. The third kappa shape index (κ3) is 4.17. The van der Waals surface area contributed by atoms with Crippen LogP contribution in [0.15, 0.2) is 18.3 Å². The first-order valence-corrected chi connectivity index (χ1v) is 8.21. The number of aromatic nitrogens is 1. The van der Waals surface area contributed by atoms with Gasteiger partial charge in [-0.1, -0.05) is 26.7 Å². The molecule has 0 aliphatic heterocycles. The third-order valence-electron chi connectivity index (χ3n) is 4.49. The first kappa shape index (κ1) is 16.2. The summed E-state index contributed by atoms with van der Waals surface area (Å²) in [6.07, 6.45) is 7.08. The Hall–Kier alpha value is -1.13. The molecule has 4 nitrogen and oxygen atoms in total. The second kappa shape index (κ2) is 7.23. The highest BCUT2D eigenvalue weighted by Gasteiger charge is 2.32. The number of hydrogen-bond acceptors (Lipinski definition) is 4. The Balaban J connectivity index is 2.00. The van der Waals surface area contributed by atoms with E-state index in [-0.39, 0.29) is 0 Å². The number of pyridine rings is 1. The quantitative estimate of drug-likeness (QED) is 0.811. The highest BCUT2D eigenvalue weighted by molar-refractivity contribution is 5.44. The lowest BCUT2D eigenvalue weighted by Gasteiger charge is -2.30. The molecule has 0 aromatic carbocycles. The molecule has 1 aromatic heterocycles. The lowest BCUT2D eigenvalue weighted by Crippen LogP contribution is -2.39. The van der Waals surface area contributed by atoms with Gasteiger partial charge in [0.1, 0.15) is 0 Å². The summed E-state index contributed by atoms with van der Waals surface area (Å²) < 4.78 is 0. The molecule has 21 heavy (non-hydrogen) atoms. The van der Waals surface area contributed by atoms with Crippen molar-refractivity contribution in [3.05, 3.63) is 24.0 Å². The minimum absolute atomic E-state index is 0.327. The van der Waals surface area contributed by atoms with E-state index in [4.69, 9.17) is 0 Å². The van der Waals surface area contributed by atoms with Crippen LogP contribution in [0.2, 0.25) is 0 Å². The van der Waals surface area contributed by atoms with Gasteiger partial charge < -0.3 is 15.3 Å². The number of nitrogens with zero attached hydrogens (tertiary/aromatic N) is 2. The van der Waals surface area contributed by atoms with Crippen molar-refractivity contribution in [2.24, 2.45) is 0 Å². The fourth-order valence-corrected chi connectivity index (χ4v) is 3.26. The normalized spacial score (nSPS) is 18.7. The number of anilines is 1. The van der Waals surface area contributed by atoms with E-state index in [1.165, 1.54) is 0 Å². The van der Waals surface area contributed by atoms with Gasteiger partial charge in [0, 0.05) is 19.6 Å². The van der Waals surface area contributed by atoms with Crippen LogP contribution in [0.1, 0.15) is 57.7 Å². The summed E-state index contributed by atoms with van der Waals surface area (Å²) in [5.41, 5.74) is 1.66. The van der Waals surface area contributed by atoms with E-state index in [0.717, 1.165) is 50.0 Å². The summed E-state index contributed by atoms with van der Waals surface area (Å²) in [7, 11) is 2.04. The van der Waals surface area contributed by atoms with E-state index in [1.54, 1.807) is 0 Å². The van der Waals surface area contributed by atoms with Crippen molar-refractivity contribution in [2.75, 3.05) is 25.0 Å². The molecule has 0 radical (unpaired) electrons. The second-order valence-corrected chi connectivity index (χ2v) is 6.25. The van der Waals surface area contributed by atoms with E-state index in [2.05, 4.69) is 41.2 Å². The highest BCUT2D eigenvalue weighted by Crippen LogP contribution is 2.31. The molecular weight excluding hydrogens is 262 g/mol. The van der Waals surface area contributed by atoms with Crippen molar-refractivity contribution in [2.45, 2.75) is 57.6 Å². The second-order valence-electron chi connectivity index (χ2n) is 6.25. The Labute approximate surface area is 128 Å². The van der Waals surface area contributed by atoms with Gasteiger partial charge in [0.2, 0.25) is 0 Å². The van der Waals surface area contributed by atoms with Crippen LogP contribution in [0.3, 0.4) is 0 Å². The average molecular weight is 291 g/mol. The van der Waals surface area contributed by atoms with Gasteiger partial charge in [0.05, 0.1) is 23.2 Å². The first-order valence-electron chi connectivity index (χ1n) is 8.21. The molecule has 0 amide bonds. The highest BCUT2D eigenvalue weighted by atomic mass is 16.3. The van der Waals surface area contributed by atoms with Gasteiger partial charge in [0.15, 0.2) is 0 Å². The summed E-state index contributed by atoms with van der Waals surface area (Å²) in [5, 5.41) is 13.9. The minimum Gasteiger partial charge on any atom is -0.388 e. The molecule has 2 rings (SSSR count). The summed E-state index contributed by atoms with van der Waals surface area (Å²) >= 11 is 0. The van der Waals surface area contributed by atoms with Crippen LogP contribution in [0.4, 0.5) is 5.69 Å². The predicted molar refractivity (Wildman–Crippen MR) is 87.6 cm³/mol. The molecular formula is C17H29N3O. The van der Waals surface area contributed by atoms with Crippen LogP contribution in [0, 0.1) is 0 Å². The van der Waals surface area contributed by atoms with Crippen LogP contribution in [-0.4, -0.2) is 35.8 Å². The summed E-state index contributed by atoms with van der Waals surface area (Å²) in [4.78, 5) is 6.72. The monoisotopic (exact) mass is 291 g/mol. The van der Waals surface area contributed by atoms with Crippen molar-refractivity contribution in [1.29, 1.82) is 0 Å². The van der Waals surface area contributed by atoms with Gasteiger partial charge in [-0.05, 0) is 37.9 Å². The van der Waals surface area contributed by atoms with Crippen LogP contribution in [-0.2, 0) is 0 Å². The summed E-state index contributed by atoms with van der Waals surface area (Å²) in [6, 6.07) is 4.54. The average Bonchev–Trinajstić information content (AvgIpc) is 2.91. The maximum absolute atomic E-state index is 10.5. The van der Waals surface area contributed by atoms with Crippen LogP contribution in [0.25, 0.3) is 0 Å². The molecule has 0 spiro atoms. The topological polar surface area (TPSA) is 48.4 Å². The van der Waals surface area contributed by atoms with Gasteiger partial charge in [-0.3, -0.25) is 4.98 Å². The fourth-order valence-electron chi connectivity index (χ4n) is 3.26. The molecule has 2 N–H and O–H groups in total. The zero-order valence-corrected chi connectivity index (χ0v) is 13.6. The lowest BCUT2D eigenvalue weighted by atomic mass is 10.0. The molecule has 4 heteroatoms. The van der Waals surface area contributed by atoms with E-state index < -0.39 is 5.60 Å². The van der Waals surface area contributed by atoms with E-state index in [0.29, 0.717) is 12.6 Å². The molecule has 1 fully saturated rings. The Bertz CT molecular complexity index is 426. The molecule has 1 aliphatic carbocycles. The Morgan fingerprint density at radius 2 is 2.05 bits per heavy atom. The van der Waals surface area contributed by atoms with Crippen molar-refractivity contribution in [3.8, 4) is 0 Å². The summed E-state index contributed by atoms with van der Waals surface area (Å²) in [6.45, 7) is 5.94. The smallest absolute Gasteiger partial charge is 0.0821 e. The zero-order valence-electron chi connectivity index (χ0n) is 13.6. The zero-order chi connectivity index (χ0) is 15.3. The number of likely N-dealkylation sites (N-methyl/N-ethyl adjacent to an activating group) is 1. The van der Waals surface area contributed by atoms with Crippen molar-refractivity contribution in [1.82, 2.24) is 10.3 Å². The van der Waals surface area contributed by atoms with Crippen molar-refractivity contribution in [3.63, 3.8) is 0 Å². The Kier molecular flexibility index (Phi) is 5.59. The summed E-state index contributed by atoms with van der Waals surface area (Å²) in [5.74, 6) is 0. The van der Waals surface area contributed by atoms with Gasteiger partial charge in [-0.15, -0.1) is 0 Å². The standard InChI is InChI=1S/C17H29N3O/c1-4-15(18-5-2)16-9-8-14(12-19-16)20(3)13-17(21)10-6-7-11-17/h8-9,12,15,18,21H,4-7,10-11,13H2,1-3H3. The molecule has 1 saturated carbocycles. The van der Waals surface area contributed by atoms with Gasteiger partial charge >= 0.3 is 0 Å². The third-order valence-corrected chi connectivity index (χ3v) is 4.49. The van der Waals surface area contributed by atoms with Crippen molar-refractivity contribution < 1.29 is 5.11 Å². The van der Waals surface area contributed by atoms with Crippen LogP contribution >= 0.6 is 0 Å². The lowest BCUT2D eigenvalue weighted by molar-refractivity contribution is 0.0559. The fraction of sp³-hybridized carbons (Fsp3) is 0.706. The molecule has 118 valence electrons. The molecule has 0 saturated heterocycles. The minimum atomic E-state index is -0.511. The Morgan fingerprint density at radius 3 is 2.57 bits per heavy atom. The number of nitrogens with one attached hydrogen (secondary N) is 1. The molecule has 0 bridgehead atoms. The van der Waals surface area contributed by atoms with E-state index in [1.807, 2.05) is 13.2 Å². The van der Waals surface area contributed by atoms with Gasteiger partial charge in [0.25, 0.3) is 0 Å². The molecule has 1 aliphatic rings. The largest absolute Gasteiger partial charge is 0.388 e. The van der Waals surface area contributed by atoms with Gasteiger partial charge in [-0.2, -0.15) is 0 Å². The van der Waals surface area contributed by atoms with Crippen LogP contribution in [0.5, 0.6) is 0 Å². The SMILES string of the molecule is CCNC(CC)c1ccc(N(C)CC2(O)CCCC2)cn1. The van der Waals surface area contributed by atoms with Crippen molar-refractivity contribution >= 4 is 5.69 Å². The maximum atomic E-state index is 10.5.